The van der Waals surface area contributed by atoms with Crippen LogP contribution in [0.2, 0.25) is 0 Å². The average Bonchev–Trinajstić information content (AvgIpc) is 3.72. The summed E-state index contributed by atoms with van der Waals surface area (Å²) < 4.78 is 2.52. The first-order valence-electron chi connectivity index (χ1n) is 19.7. The third kappa shape index (κ3) is 6.54. The lowest BCUT2D eigenvalue weighted by atomic mass is 9.99. The first kappa shape index (κ1) is 34.6. The molecule has 3 heterocycles. The maximum absolute atomic E-state index is 5.38. The van der Waals surface area contributed by atoms with Gasteiger partial charge in [-0.05, 0) is 51.6 Å². The van der Waals surface area contributed by atoms with Gasteiger partial charge < -0.3 is 0 Å². The maximum Gasteiger partial charge on any atom is 0.164 e. The zero-order chi connectivity index (χ0) is 39.1. The summed E-state index contributed by atoms with van der Waals surface area (Å²) in [5.41, 5.74) is 12.6. The quantitative estimate of drug-likeness (QED) is 0.162. The Kier molecular flexibility index (Phi) is 8.64. The number of hydrogen-bond acceptors (Lipinski definition) is 5. The highest BCUT2D eigenvalue weighted by atomic mass is 32.1. The summed E-state index contributed by atoms with van der Waals surface area (Å²) >= 11 is 1.84. The summed E-state index contributed by atoms with van der Waals surface area (Å²) in [6, 6.07) is 72.1. The fraction of sp³-hybridized carbons (Fsp3) is 0. The van der Waals surface area contributed by atoms with Crippen LogP contribution in [-0.2, 0) is 0 Å². The molecule has 0 amide bonds. The van der Waals surface area contributed by atoms with Crippen LogP contribution in [0.25, 0.3) is 110 Å². The Morgan fingerprint density at radius 3 is 1.34 bits per heavy atom. The molecular formula is C54H34N4S. The fourth-order valence-electron chi connectivity index (χ4n) is 7.93. The number of nitrogens with zero attached hydrogens (tertiary/aromatic N) is 4. The van der Waals surface area contributed by atoms with E-state index in [-0.39, 0.29) is 0 Å². The summed E-state index contributed by atoms with van der Waals surface area (Å²) in [5, 5.41) is 3.61. The van der Waals surface area contributed by atoms with Gasteiger partial charge in [0.15, 0.2) is 17.5 Å². The predicted octanol–water partition coefficient (Wildman–Crippen LogP) is 14.5. The van der Waals surface area contributed by atoms with Crippen LogP contribution in [0, 0.1) is 0 Å². The zero-order valence-corrected chi connectivity index (χ0v) is 32.6. The molecule has 0 atom stereocenters. The molecule has 8 aromatic carbocycles. The van der Waals surface area contributed by atoms with Gasteiger partial charge in [0.25, 0.3) is 0 Å². The predicted molar refractivity (Wildman–Crippen MR) is 246 cm³/mol. The van der Waals surface area contributed by atoms with Gasteiger partial charge in [0.05, 0.1) is 11.2 Å². The van der Waals surface area contributed by atoms with Crippen LogP contribution < -0.4 is 0 Å². The highest BCUT2D eigenvalue weighted by molar-refractivity contribution is 7.26. The molecule has 276 valence electrons. The zero-order valence-electron chi connectivity index (χ0n) is 31.8. The van der Waals surface area contributed by atoms with Crippen molar-refractivity contribution in [3.8, 4) is 78.8 Å². The van der Waals surface area contributed by atoms with Gasteiger partial charge in [0, 0.05) is 47.8 Å². The van der Waals surface area contributed by atoms with E-state index in [1.165, 1.54) is 31.3 Å². The molecule has 0 bridgehead atoms. The van der Waals surface area contributed by atoms with Gasteiger partial charge >= 0.3 is 0 Å². The van der Waals surface area contributed by atoms with Crippen molar-refractivity contribution in [3.63, 3.8) is 0 Å². The largest absolute Gasteiger partial charge is 0.247 e. The second kappa shape index (κ2) is 14.7. The lowest BCUT2D eigenvalue weighted by Gasteiger charge is -2.11. The molecule has 0 unspecified atom stereocenters. The van der Waals surface area contributed by atoms with E-state index in [0.29, 0.717) is 17.5 Å². The Bertz CT molecular complexity index is 3190. The summed E-state index contributed by atoms with van der Waals surface area (Å²) in [6.45, 7) is 0. The van der Waals surface area contributed by atoms with Crippen LogP contribution in [0.1, 0.15) is 0 Å². The standard InChI is InChI=1S/C54H34N4S/c1-4-13-35(14-5-1)37-23-27-40(28-24-37)52-56-53(41-29-25-38(26-30-41)36-15-6-2-7-16-36)58-54(57-52)44-20-12-19-42(33-44)43-31-32-45-47(34-43)55-50(39-17-8-3-9-18-39)49-46-21-10-11-22-48(46)59-51(45)49/h1-34H. The molecule has 0 spiro atoms. The van der Waals surface area contributed by atoms with Crippen molar-refractivity contribution in [1.82, 2.24) is 19.9 Å². The minimum absolute atomic E-state index is 0.614. The van der Waals surface area contributed by atoms with Crippen LogP contribution in [0.3, 0.4) is 0 Å². The third-order valence-corrected chi connectivity index (χ3v) is 12.1. The third-order valence-electron chi connectivity index (χ3n) is 10.9. The van der Waals surface area contributed by atoms with Crippen molar-refractivity contribution in [2.24, 2.45) is 0 Å². The highest BCUT2D eigenvalue weighted by Crippen LogP contribution is 2.43. The van der Waals surface area contributed by atoms with Crippen molar-refractivity contribution in [2.45, 2.75) is 0 Å². The van der Waals surface area contributed by atoms with Crippen molar-refractivity contribution in [1.29, 1.82) is 0 Å². The summed E-state index contributed by atoms with van der Waals surface area (Å²) in [6.07, 6.45) is 0. The molecule has 0 fully saturated rings. The normalized spacial score (nSPS) is 11.4. The summed E-state index contributed by atoms with van der Waals surface area (Å²) in [5.74, 6) is 1.86. The van der Waals surface area contributed by atoms with E-state index < -0.39 is 0 Å². The van der Waals surface area contributed by atoms with Crippen molar-refractivity contribution < 1.29 is 0 Å². The van der Waals surface area contributed by atoms with Gasteiger partial charge in [0.2, 0.25) is 0 Å². The lowest BCUT2D eigenvalue weighted by molar-refractivity contribution is 1.07. The van der Waals surface area contributed by atoms with Gasteiger partial charge in [-0.15, -0.1) is 11.3 Å². The van der Waals surface area contributed by atoms with Gasteiger partial charge in [-0.3, -0.25) is 0 Å². The fourth-order valence-corrected chi connectivity index (χ4v) is 9.17. The minimum atomic E-state index is 0.614. The smallest absolute Gasteiger partial charge is 0.164 e. The Balaban J connectivity index is 1.02. The molecule has 59 heavy (non-hydrogen) atoms. The van der Waals surface area contributed by atoms with E-state index in [2.05, 4.69) is 194 Å². The first-order chi connectivity index (χ1) is 29.2. The number of aromatic nitrogens is 4. The second-order valence-electron chi connectivity index (χ2n) is 14.6. The van der Waals surface area contributed by atoms with Crippen molar-refractivity contribution >= 4 is 42.4 Å². The van der Waals surface area contributed by atoms with E-state index >= 15 is 0 Å². The second-order valence-corrected chi connectivity index (χ2v) is 15.7. The molecule has 4 nitrogen and oxygen atoms in total. The molecule has 0 saturated carbocycles. The molecule has 3 aromatic heterocycles. The molecule has 0 aliphatic rings. The topological polar surface area (TPSA) is 51.6 Å². The molecule has 11 rings (SSSR count). The van der Waals surface area contributed by atoms with Gasteiger partial charge in [-0.1, -0.05) is 188 Å². The molecule has 11 aromatic rings. The average molecular weight is 771 g/mol. The van der Waals surface area contributed by atoms with Crippen LogP contribution in [0.4, 0.5) is 0 Å². The number of fused-ring (bicyclic) bond motifs is 5. The Morgan fingerprint density at radius 2 is 0.729 bits per heavy atom. The SMILES string of the molecule is c1ccc(-c2ccc(-c3nc(-c4ccc(-c5ccccc5)cc4)nc(-c4cccc(-c5ccc6c(c5)nc(-c5ccccc5)c5c7ccccc7sc65)c4)n3)cc2)cc1. The Labute approximate surface area is 345 Å². The number of hydrogen-bond donors (Lipinski definition) is 0. The molecule has 5 heteroatoms. The van der Waals surface area contributed by atoms with E-state index in [4.69, 9.17) is 19.9 Å². The van der Waals surface area contributed by atoms with E-state index in [1.807, 2.05) is 23.5 Å². The van der Waals surface area contributed by atoms with Crippen LogP contribution in [0.5, 0.6) is 0 Å². The molecule has 0 radical (unpaired) electrons. The Morgan fingerprint density at radius 1 is 0.288 bits per heavy atom. The van der Waals surface area contributed by atoms with Gasteiger partial charge in [0.1, 0.15) is 0 Å². The van der Waals surface area contributed by atoms with E-state index in [0.717, 1.165) is 61.1 Å². The highest BCUT2D eigenvalue weighted by Gasteiger charge is 2.18. The van der Waals surface area contributed by atoms with Crippen molar-refractivity contribution in [2.75, 3.05) is 0 Å². The maximum atomic E-state index is 5.38. The number of thiophene rings is 1. The van der Waals surface area contributed by atoms with Gasteiger partial charge in [-0.2, -0.15) is 0 Å². The molecule has 0 saturated heterocycles. The number of pyridine rings is 1. The van der Waals surface area contributed by atoms with E-state index in [9.17, 15) is 0 Å². The molecule has 0 aliphatic carbocycles. The minimum Gasteiger partial charge on any atom is -0.247 e. The van der Waals surface area contributed by atoms with Crippen LogP contribution in [0.15, 0.2) is 206 Å². The van der Waals surface area contributed by atoms with Crippen molar-refractivity contribution in [3.05, 3.63) is 206 Å². The first-order valence-corrected chi connectivity index (χ1v) is 20.5. The monoisotopic (exact) mass is 770 g/mol. The summed E-state index contributed by atoms with van der Waals surface area (Å²) in [4.78, 5) is 20.7. The molecular weight excluding hydrogens is 737 g/mol. The number of benzene rings is 8. The lowest BCUT2D eigenvalue weighted by Crippen LogP contribution is -2.00. The number of rotatable bonds is 7. The Hall–Kier alpha value is -7.60. The summed E-state index contributed by atoms with van der Waals surface area (Å²) in [7, 11) is 0. The van der Waals surface area contributed by atoms with E-state index in [1.54, 1.807) is 0 Å². The molecule has 0 N–H and O–H groups in total. The van der Waals surface area contributed by atoms with Crippen LogP contribution in [-0.4, -0.2) is 19.9 Å². The van der Waals surface area contributed by atoms with Crippen LogP contribution >= 0.6 is 11.3 Å². The van der Waals surface area contributed by atoms with Gasteiger partial charge in [-0.25, -0.2) is 19.9 Å². The molecule has 0 aliphatic heterocycles.